The molecule has 0 saturated heterocycles. The predicted octanol–water partition coefficient (Wildman–Crippen LogP) is 3.59. The van der Waals surface area contributed by atoms with E-state index in [1.165, 1.54) is 31.7 Å². The van der Waals surface area contributed by atoms with Crippen molar-refractivity contribution < 1.29 is 4.43 Å². The van der Waals surface area contributed by atoms with Crippen LogP contribution in [0.25, 0.3) is 0 Å². The Kier molecular flexibility index (Phi) is 11.8. The highest BCUT2D eigenvalue weighted by Gasteiger charge is 1.90. The molecule has 0 amide bonds. The first kappa shape index (κ1) is 12.9. The van der Waals surface area contributed by atoms with Crippen LogP contribution in [0.5, 0.6) is 0 Å². The zero-order valence-electron chi connectivity index (χ0n) is 9.01. The van der Waals surface area contributed by atoms with Gasteiger partial charge in [0.1, 0.15) is 0 Å². The van der Waals surface area contributed by atoms with E-state index in [0.717, 1.165) is 22.8 Å². The second-order valence-corrected chi connectivity index (χ2v) is 4.20. The fourth-order valence-electron chi connectivity index (χ4n) is 0.951. The molecule has 0 aliphatic heterocycles. The van der Waals surface area contributed by atoms with Crippen molar-refractivity contribution in [3.63, 3.8) is 0 Å². The second kappa shape index (κ2) is 11.9. The summed E-state index contributed by atoms with van der Waals surface area (Å²) < 4.78 is 5.51. The van der Waals surface area contributed by atoms with Gasteiger partial charge in [-0.3, -0.25) is 0 Å². The molecule has 0 saturated carbocycles. The van der Waals surface area contributed by atoms with E-state index in [2.05, 4.69) is 26.0 Å². The SMILES string of the molecule is CCC=CCCCO[Si]CCCC. The Morgan fingerprint density at radius 3 is 2.69 bits per heavy atom. The average molecular weight is 198 g/mol. The van der Waals surface area contributed by atoms with Crippen LogP contribution in [0, 0.1) is 0 Å². The minimum absolute atomic E-state index is 0.727. The molecule has 0 aromatic carbocycles. The van der Waals surface area contributed by atoms with Crippen LogP contribution in [-0.4, -0.2) is 16.4 Å². The Labute approximate surface area is 85.5 Å². The van der Waals surface area contributed by atoms with Crippen LogP contribution in [0.1, 0.15) is 46.0 Å². The maximum Gasteiger partial charge on any atom is 0.229 e. The molecule has 2 radical (unpaired) electrons. The van der Waals surface area contributed by atoms with Gasteiger partial charge in [-0.15, -0.1) is 0 Å². The lowest BCUT2D eigenvalue weighted by atomic mass is 10.3. The Bertz CT molecular complexity index is 113. The molecule has 0 bridgehead atoms. The topological polar surface area (TPSA) is 9.23 Å². The van der Waals surface area contributed by atoms with E-state index < -0.39 is 0 Å². The number of hydrogen-bond donors (Lipinski definition) is 0. The molecular weight excluding hydrogens is 176 g/mol. The van der Waals surface area contributed by atoms with Gasteiger partial charge in [0.05, 0.1) is 0 Å². The van der Waals surface area contributed by atoms with Gasteiger partial charge in [-0.1, -0.05) is 38.8 Å². The van der Waals surface area contributed by atoms with Gasteiger partial charge in [0.2, 0.25) is 9.76 Å². The molecule has 0 spiro atoms. The van der Waals surface area contributed by atoms with Gasteiger partial charge in [-0.05, 0) is 25.3 Å². The summed E-state index contributed by atoms with van der Waals surface area (Å²) in [5.74, 6) is 0. The summed E-state index contributed by atoms with van der Waals surface area (Å²) in [4.78, 5) is 0. The number of hydrogen-bond acceptors (Lipinski definition) is 1. The van der Waals surface area contributed by atoms with Crippen LogP contribution in [0.4, 0.5) is 0 Å². The lowest BCUT2D eigenvalue weighted by Crippen LogP contribution is -1.99. The molecule has 0 atom stereocenters. The van der Waals surface area contributed by atoms with Crippen molar-refractivity contribution in [3.05, 3.63) is 12.2 Å². The second-order valence-electron chi connectivity index (χ2n) is 3.12. The number of unbranched alkanes of at least 4 members (excludes halogenated alkanes) is 2. The Morgan fingerprint density at radius 1 is 1.15 bits per heavy atom. The smallest absolute Gasteiger partial charge is 0.229 e. The quantitative estimate of drug-likeness (QED) is 0.312. The molecule has 0 aliphatic rings. The summed E-state index contributed by atoms with van der Waals surface area (Å²) in [5.41, 5.74) is 0. The zero-order chi connectivity index (χ0) is 9.78. The molecule has 0 N–H and O–H groups in total. The first-order valence-electron chi connectivity index (χ1n) is 5.41. The summed E-state index contributed by atoms with van der Waals surface area (Å²) in [6.45, 7) is 5.33. The monoisotopic (exact) mass is 198 g/mol. The fraction of sp³-hybridized carbons (Fsp3) is 0.818. The van der Waals surface area contributed by atoms with E-state index in [9.17, 15) is 0 Å². The van der Waals surface area contributed by atoms with Gasteiger partial charge < -0.3 is 4.43 Å². The standard InChI is InChI=1S/C11H22OSi/c1-3-5-7-8-9-10-12-13-11-6-4-2/h5,7H,3-4,6,8-11H2,1-2H3. The van der Waals surface area contributed by atoms with Gasteiger partial charge in [0.25, 0.3) is 0 Å². The summed E-state index contributed by atoms with van der Waals surface area (Å²) in [6.07, 6.45) is 10.6. The predicted molar refractivity (Wildman–Crippen MR) is 60.1 cm³/mol. The summed E-state index contributed by atoms with van der Waals surface area (Å²) in [5, 5.41) is 0. The molecule has 2 heteroatoms. The summed E-state index contributed by atoms with van der Waals surface area (Å²) in [7, 11) is 0.727. The van der Waals surface area contributed by atoms with Gasteiger partial charge in [0, 0.05) is 6.61 Å². The van der Waals surface area contributed by atoms with Crippen molar-refractivity contribution in [2.24, 2.45) is 0 Å². The van der Waals surface area contributed by atoms with Crippen molar-refractivity contribution in [3.8, 4) is 0 Å². The molecule has 0 heterocycles. The molecule has 76 valence electrons. The third kappa shape index (κ3) is 11.9. The summed E-state index contributed by atoms with van der Waals surface area (Å²) >= 11 is 0. The van der Waals surface area contributed by atoms with E-state index in [0.29, 0.717) is 0 Å². The normalized spacial score (nSPS) is 11.2. The van der Waals surface area contributed by atoms with Crippen LogP contribution in [-0.2, 0) is 4.43 Å². The zero-order valence-corrected chi connectivity index (χ0v) is 10.0. The number of rotatable bonds is 9. The van der Waals surface area contributed by atoms with Gasteiger partial charge >= 0.3 is 0 Å². The molecule has 0 aromatic rings. The van der Waals surface area contributed by atoms with Gasteiger partial charge in [0.15, 0.2) is 0 Å². The van der Waals surface area contributed by atoms with E-state index >= 15 is 0 Å². The van der Waals surface area contributed by atoms with E-state index in [4.69, 9.17) is 4.43 Å². The number of allylic oxidation sites excluding steroid dienone is 2. The van der Waals surface area contributed by atoms with Crippen molar-refractivity contribution in [2.45, 2.75) is 52.0 Å². The van der Waals surface area contributed by atoms with Gasteiger partial charge in [-0.25, -0.2) is 0 Å². The highest BCUT2D eigenvalue weighted by Crippen LogP contribution is 1.96. The molecule has 0 rings (SSSR count). The molecule has 13 heavy (non-hydrogen) atoms. The minimum atomic E-state index is 0.727. The van der Waals surface area contributed by atoms with Crippen molar-refractivity contribution in [1.29, 1.82) is 0 Å². The highest BCUT2D eigenvalue weighted by molar-refractivity contribution is 6.26. The Morgan fingerprint density at radius 2 is 2.00 bits per heavy atom. The Hall–Kier alpha value is -0.0831. The molecule has 0 aromatic heterocycles. The summed E-state index contributed by atoms with van der Waals surface area (Å²) in [6, 6.07) is 1.25. The first-order valence-corrected chi connectivity index (χ1v) is 6.53. The van der Waals surface area contributed by atoms with Gasteiger partial charge in [-0.2, -0.15) is 0 Å². The fourth-order valence-corrected chi connectivity index (χ4v) is 1.88. The first-order chi connectivity index (χ1) is 6.41. The maximum atomic E-state index is 5.51. The Balaban J connectivity index is 2.87. The van der Waals surface area contributed by atoms with Crippen LogP contribution < -0.4 is 0 Å². The molecule has 0 aliphatic carbocycles. The van der Waals surface area contributed by atoms with Crippen molar-refractivity contribution >= 4 is 9.76 Å². The van der Waals surface area contributed by atoms with Crippen LogP contribution in [0.3, 0.4) is 0 Å². The van der Waals surface area contributed by atoms with Crippen molar-refractivity contribution in [1.82, 2.24) is 0 Å². The lowest BCUT2D eigenvalue weighted by Gasteiger charge is -1.99. The van der Waals surface area contributed by atoms with Crippen LogP contribution in [0.2, 0.25) is 6.04 Å². The third-order valence-corrected chi connectivity index (χ3v) is 2.72. The maximum absolute atomic E-state index is 5.51. The highest BCUT2D eigenvalue weighted by atomic mass is 28.2. The van der Waals surface area contributed by atoms with Crippen LogP contribution in [0.15, 0.2) is 12.2 Å². The molecule has 0 unspecified atom stereocenters. The van der Waals surface area contributed by atoms with E-state index in [-0.39, 0.29) is 0 Å². The largest absolute Gasteiger partial charge is 0.417 e. The van der Waals surface area contributed by atoms with E-state index in [1.807, 2.05) is 0 Å². The molecular formula is C11H22OSi. The lowest BCUT2D eigenvalue weighted by molar-refractivity contribution is 0.328. The van der Waals surface area contributed by atoms with E-state index in [1.54, 1.807) is 0 Å². The molecule has 1 nitrogen and oxygen atoms in total. The minimum Gasteiger partial charge on any atom is -0.417 e. The van der Waals surface area contributed by atoms with Crippen LogP contribution >= 0.6 is 0 Å². The molecule has 0 fully saturated rings. The van der Waals surface area contributed by atoms with Crippen molar-refractivity contribution in [2.75, 3.05) is 6.61 Å². The third-order valence-electron chi connectivity index (χ3n) is 1.75. The average Bonchev–Trinajstić information content (AvgIpc) is 2.16.